The SMILES string of the molecule is Cc1c(CN2CCSCC2)cccc1NC(=O)CSc1nncn1-c1ccc(C(C)C)cc1. The molecule has 0 bridgehead atoms. The van der Waals surface area contributed by atoms with Gasteiger partial charge >= 0.3 is 0 Å². The highest BCUT2D eigenvalue weighted by Crippen LogP contribution is 2.24. The minimum Gasteiger partial charge on any atom is -0.325 e. The highest BCUT2D eigenvalue weighted by molar-refractivity contribution is 7.99. The molecule has 0 spiro atoms. The summed E-state index contributed by atoms with van der Waals surface area (Å²) in [6, 6.07) is 14.6. The highest BCUT2D eigenvalue weighted by atomic mass is 32.2. The molecule has 0 aliphatic carbocycles. The van der Waals surface area contributed by atoms with Crippen LogP contribution in [0.5, 0.6) is 0 Å². The van der Waals surface area contributed by atoms with Gasteiger partial charge < -0.3 is 5.32 Å². The molecule has 0 saturated carbocycles. The Hall–Kier alpha value is -2.29. The number of hydrogen-bond donors (Lipinski definition) is 1. The van der Waals surface area contributed by atoms with Crippen LogP contribution in [-0.4, -0.2) is 55.9 Å². The van der Waals surface area contributed by atoms with E-state index in [1.54, 1.807) is 6.33 Å². The number of benzene rings is 2. The van der Waals surface area contributed by atoms with Crippen molar-refractivity contribution in [1.29, 1.82) is 0 Å². The van der Waals surface area contributed by atoms with Crippen molar-refractivity contribution in [3.05, 3.63) is 65.5 Å². The predicted octanol–water partition coefficient (Wildman–Crippen LogP) is 4.98. The number of nitrogens with one attached hydrogen (secondary N) is 1. The van der Waals surface area contributed by atoms with Gasteiger partial charge in [0.1, 0.15) is 6.33 Å². The summed E-state index contributed by atoms with van der Waals surface area (Å²) in [5.41, 5.74) is 5.58. The highest BCUT2D eigenvalue weighted by Gasteiger charge is 2.15. The first-order chi connectivity index (χ1) is 16.0. The molecular formula is C25H31N5OS2. The Morgan fingerprint density at radius 3 is 2.64 bits per heavy atom. The molecule has 174 valence electrons. The normalized spacial score (nSPS) is 14.5. The summed E-state index contributed by atoms with van der Waals surface area (Å²) in [6.07, 6.45) is 1.69. The first kappa shape index (κ1) is 23.9. The van der Waals surface area contributed by atoms with Gasteiger partial charge in [-0.15, -0.1) is 10.2 Å². The van der Waals surface area contributed by atoms with Gasteiger partial charge in [-0.25, -0.2) is 0 Å². The van der Waals surface area contributed by atoms with Crippen molar-refractivity contribution in [3.8, 4) is 5.69 Å². The Kier molecular flexibility index (Phi) is 8.11. The van der Waals surface area contributed by atoms with Crippen LogP contribution in [0.3, 0.4) is 0 Å². The Balaban J connectivity index is 1.37. The topological polar surface area (TPSA) is 63.1 Å². The zero-order valence-electron chi connectivity index (χ0n) is 19.5. The summed E-state index contributed by atoms with van der Waals surface area (Å²) in [5.74, 6) is 3.10. The molecule has 8 heteroatoms. The van der Waals surface area contributed by atoms with E-state index in [0.717, 1.165) is 36.6 Å². The van der Waals surface area contributed by atoms with Crippen molar-refractivity contribution in [2.75, 3.05) is 35.7 Å². The Labute approximate surface area is 204 Å². The van der Waals surface area contributed by atoms with Gasteiger partial charge in [0, 0.05) is 42.5 Å². The largest absolute Gasteiger partial charge is 0.325 e. The average Bonchev–Trinajstić information content (AvgIpc) is 3.30. The number of hydrogen-bond acceptors (Lipinski definition) is 6. The van der Waals surface area contributed by atoms with Gasteiger partial charge in [0.25, 0.3) is 0 Å². The van der Waals surface area contributed by atoms with Crippen molar-refractivity contribution in [2.45, 2.75) is 38.4 Å². The van der Waals surface area contributed by atoms with Crippen molar-refractivity contribution >= 4 is 35.1 Å². The van der Waals surface area contributed by atoms with Gasteiger partial charge in [-0.2, -0.15) is 11.8 Å². The van der Waals surface area contributed by atoms with Crippen LogP contribution in [0, 0.1) is 6.92 Å². The van der Waals surface area contributed by atoms with E-state index in [9.17, 15) is 4.79 Å². The zero-order valence-corrected chi connectivity index (χ0v) is 21.1. The first-order valence-electron chi connectivity index (χ1n) is 11.3. The third-order valence-corrected chi connectivity index (χ3v) is 7.79. The van der Waals surface area contributed by atoms with E-state index in [1.807, 2.05) is 28.5 Å². The minimum absolute atomic E-state index is 0.0423. The molecule has 1 N–H and O–H groups in total. The molecule has 1 fully saturated rings. The molecule has 4 rings (SSSR count). The maximum atomic E-state index is 12.7. The minimum atomic E-state index is -0.0423. The van der Waals surface area contributed by atoms with Gasteiger partial charge in [0.2, 0.25) is 5.91 Å². The standard InChI is InChI=1S/C25H31N5OS2/c1-18(2)20-7-9-22(10-8-20)30-17-26-28-25(30)33-16-24(31)27-23-6-4-5-21(19(23)3)15-29-11-13-32-14-12-29/h4-10,17-18H,11-16H2,1-3H3,(H,27,31). The number of carbonyl (C=O) groups is 1. The van der Waals surface area contributed by atoms with Gasteiger partial charge in [-0.05, 0) is 47.7 Å². The lowest BCUT2D eigenvalue weighted by Gasteiger charge is -2.27. The van der Waals surface area contributed by atoms with Gasteiger partial charge in [-0.1, -0.05) is 49.9 Å². The number of rotatable bonds is 8. The fraction of sp³-hybridized carbons (Fsp3) is 0.400. The van der Waals surface area contributed by atoms with Crippen molar-refractivity contribution in [3.63, 3.8) is 0 Å². The van der Waals surface area contributed by atoms with Gasteiger partial charge in [-0.3, -0.25) is 14.3 Å². The summed E-state index contributed by atoms with van der Waals surface area (Å²) < 4.78 is 1.92. The van der Waals surface area contributed by atoms with E-state index in [-0.39, 0.29) is 11.7 Å². The summed E-state index contributed by atoms with van der Waals surface area (Å²) in [6.45, 7) is 9.63. The van der Waals surface area contributed by atoms with Crippen LogP contribution >= 0.6 is 23.5 Å². The third kappa shape index (κ3) is 6.19. The number of thioether (sulfide) groups is 2. The summed E-state index contributed by atoms with van der Waals surface area (Å²) in [4.78, 5) is 15.2. The molecule has 0 radical (unpaired) electrons. The Morgan fingerprint density at radius 2 is 1.91 bits per heavy atom. The maximum Gasteiger partial charge on any atom is 0.234 e. The van der Waals surface area contributed by atoms with Crippen LogP contribution in [0.2, 0.25) is 0 Å². The number of nitrogens with zero attached hydrogens (tertiary/aromatic N) is 4. The van der Waals surface area contributed by atoms with E-state index in [4.69, 9.17) is 0 Å². The lowest BCUT2D eigenvalue weighted by atomic mass is 10.0. The molecule has 1 aromatic heterocycles. The van der Waals surface area contributed by atoms with Crippen molar-refractivity contribution < 1.29 is 4.79 Å². The van der Waals surface area contributed by atoms with E-state index in [0.29, 0.717) is 11.1 Å². The molecule has 6 nitrogen and oxygen atoms in total. The van der Waals surface area contributed by atoms with Crippen LogP contribution in [0.1, 0.15) is 36.5 Å². The van der Waals surface area contributed by atoms with Crippen molar-refractivity contribution in [2.24, 2.45) is 0 Å². The Morgan fingerprint density at radius 1 is 1.15 bits per heavy atom. The molecule has 1 amide bonds. The fourth-order valence-corrected chi connectivity index (χ4v) is 5.53. The number of amides is 1. The average molecular weight is 482 g/mol. The van der Waals surface area contributed by atoms with Crippen LogP contribution in [0.15, 0.2) is 53.9 Å². The number of carbonyl (C=O) groups excluding carboxylic acids is 1. The third-order valence-electron chi connectivity index (χ3n) is 5.90. The molecular weight excluding hydrogens is 450 g/mol. The summed E-state index contributed by atoms with van der Waals surface area (Å²) >= 11 is 3.41. The van der Waals surface area contributed by atoms with E-state index in [1.165, 1.54) is 34.4 Å². The summed E-state index contributed by atoms with van der Waals surface area (Å²) in [5, 5.41) is 12.1. The second kappa shape index (κ2) is 11.2. The molecule has 2 heterocycles. The molecule has 0 unspecified atom stereocenters. The van der Waals surface area contributed by atoms with Crippen molar-refractivity contribution in [1.82, 2.24) is 19.7 Å². The molecule has 0 atom stereocenters. The Bertz CT molecular complexity index is 1070. The van der Waals surface area contributed by atoms with Crippen LogP contribution in [0.4, 0.5) is 5.69 Å². The lowest BCUT2D eigenvalue weighted by molar-refractivity contribution is -0.113. The second-order valence-electron chi connectivity index (χ2n) is 8.54. The fourth-order valence-electron chi connectivity index (χ4n) is 3.83. The second-order valence-corrected chi connectivity index (χ2v) is 10.7. The quantitative estimate of drug-likeness (QED) is 0.458. The maximum absolute atomic E-state index is 12.7. The zero-order chi connectivity index (χ0) is 23.2. The first-order valence-corrected chi connectivity index (χ1v) is 13.5. The predicted molar refractivity (Wildman–Crippen MR) is 139 cm³/mol. The molecule has 33 heavy (non-hydrogen) atoms. The van der Waals surface area contributed by atoms with E-state index in [2.05, 4.69) is 71.5 Å². The van der Waals surface area contributed by atoms with Gasteiger partial charge in [0.15, 0.2) is 5.16 Å². The van der Waals surface area contributed by atoms with Crippen LogP contribution in [-0.2, 0) is 11.3 Å². The molecule has 1 aliphatic heterocycles. The van der Waals surface area contributed by atoms with E-state index >= 15 is 0 Å². The van der Waals surface area contributed by atoms with Gasteiger partial charge in [0.05, 0.1) is 5.75 Å². The monoisotopic (exact) mass is 481 g/mol. The summed E-state index contributed by atoms with van der Waals surface area (Å²) in [7, 11) is 0. The van der Waals surface area contributed by atoms with Crippen LogP contribution < -0.4 is 5.32 Å². The van der Waals surface area contributed by atoms with E-state index < -0.39 is 0 Å². The molecule has 1 saturated heterocycles. The number of anilines is 1. The molecule has 1 aliphatic rings. The number of aromatic nitrogens is 3. The van der Waals surface area contributed by atoms with Crippen LogP contribution in [0.25, 0.3) is 5.69 Å². The molecule has 2 aromatic carbocycles. The lowest BCUT2D eigenvalue weighted by Crippen LogP contribution is -2.32. The smallest absolute Gasteiger partial charge is 0.234 e. The molecule has 3 aromatic rings.